The van der Waals surface area contributed by atoms with Crippen molar-refractivity contribution in [3.05, 3.63) is 71.9 Å². The molecule has 6 rings (SSSR count). The Morgan fingerprint density at radius 1 is 1.19 bits per heavy atom. The van der Waals surface area contributed by atoms with Crippen molar-refractivity contribution in [2.75, 3.05) is 29.9 Å². The first-order valence-corrected chi connectivity index (χ1v) is 12.5. The van der Waals surface area contributed by atoms with Gasteiger partial charge in [0, 0.05) is 61.9 Å². The molecule has 0 radical (unpaired) electrons. The number of anilines is 3. The average Bonchev–Trinajstić information content (AvgIpc) is 3.52. The largest absolute Gasteiger partial charge is 0.342 e. The molecule has 1 atom stereocenters. The fraction of sp³-hybridized carbons (Fsp3) is 0.333. The molecule has 1 unspecified atom stereocenters. The molecule has 4 aromatic rings. The molecule has 1 amide bonds. The van der Waals surface area contributed by atoms with Crippen LogP contribution in [0, 0.1) is 5.92 Å². The van der Waals surface area contributed by atoms with Gasteiger partial charge in [0.25, 0.3) is 5.91 Å². The zero-order valence-electron chi connectivity index (χ0n) is 20.9. The Morgan fingerprint density at radius 2 is 2.00 bits per heavy atom. The first-order valence-electron chi connectivity index (χ1n) is 12.5. The van der Waals surface area contributed by atoms with Crippen LogP contribution < -0.4 is 10.2 Å². The van der Waals surface area contributed by atoms with Crippen molar-refractivity contribution in [3.8, 4) is 11.1 Å². The number of halogens is 1. The average molecular weight is 501 g/mol. The van der Waals surface area contributed by atoms with Gasteiger partial charge in [0.05, 0.1) is 12.7 Å². The maximum atomic E-state index is 13.5. The Bertz CT molecular complexity index is 1410. The molecule has 10 heteroatoms. The molecule has 0 saturated carbocycles. The van der Waals surface area contributed by atoms with Crippen LogP contribution >= 0.6 is 0 Å². The van der Waals surface area contributed by atoms with Gasteiger partial charge >= 0.3 is 0 Å². The minimum atomic E-state index is -0.883. The van der Waals surface area contributed by atoms with Crippen molar-refractivity contribution >= 4 is 23.4 Å². The number of benzene rings is 1. The van der Waals surface area contributed by atoms with Crippen LogP contribution in [0.4, 0.5) is 21.8 Å². The fourth-order valence-corrected chi connectivity index (χ4v) is 5.03. The first kappa shape index (κ1) is 23.2. The quantitative estimate of drug-likeness (QED) is 0.417. The van der Waals surface area contributed by atoms with Gasteiger partial charge in [0.2, 0.25) is 5.95 Å². The van der Waals surface area contributed by atoms with Crippen LogP contribution in [0.15, 0.2) is 55.0 Å². The lowest BCUT2D eigenvalue weighted by Crippen LogP contribution is -2.53. The number of H-pyrrole nitrogens is 1. The van der Waals surface area contributed by atoms with Gasteiger partial charge in [-0.2, -0.15) is 10.1 Å². The highest BCUT2D eigenvalue weighted by molar-refractivity contribution is 5.94. The maximum absolute atomic E-state index is 13.5. The van der Waals surface area contributed by atoms with Crippen molar-refractivity contribution in [3.63, 3.8) is 0 Å². The van der Waals surface area contributed by atoms with Gasteiger partial charge in [-0.25, -0.2) is 9.37 Å². The second kappa shape index (κ2) is 9.34. The van der Waals surface area contributed by atoms with Crippen molar-refractivity contribution in [1.82, 2.24) is 29.6 Å². The minimum Gasteiger partial charge on any atom is -0.342 e. The summed E-state index contributed by atoms with van der Waals surface area (Å²) in [6, 6.07) is 11.9. The normalized spacial score (nSPS) is 16.3. The third-order valence-electron chi connectivity index (χ3n) is 7.42. The van der Waals surface area contributed by atoms with Crippen LogP contribution in [0.25, 0.3) is 11.1 Å². The van der Waals surface area contributed by atoms with E-state index in [4.69, 9.17) is 4.98 Å². The van der Waals surface area contributed by atoms with Gasteiger partial charge in [0.1, 0.15) is 17.7 Å². The Morgan fingerprint density at radius 3 is 2.73 bits per heavy atom. The molecule has 1 saturated heterocycles. The van der Waals surface area contributed by atoms with E-state index in [-0.39, 0.29) is 11.8 Å². The fourth-order valence-electron chi connectivity index (χ4n) is 5.03. The number of nitrogens with one attached hydrogen (secondary N) is 2. The van der Waals surface area contributed by atoms with E-state index in [2.05, 4.69) is 25.4 Å². The number of alkyl halides is 1. The molecule has 2 aliphatic rings. The van der Waals surface area contributed by atoms with Crippen molar-refractivity contribution in [1.29, 1.82) is 0 Å². The summed E-state index contributed by atoms with van der Waals surface area (Å²) < 4.78 is 15.5. The van der Waals surface area contributed by atoms with Crippen molar-refractivity contribution in [2.24, 2.45) is 13.0 Å². The van der Waals surface area contributed by atoms with E-state index in [0.29, 0.717) is 37.1 Å². The number of aromatic amines is 1. The molecular weight excluding hydrogens is 471 g/mol. The number of carbonyl (C=O) groups is 1. The molecule has 2 aliphatic heterocycles. The molecule has 3 aromatic heterocycles. The molecule has 2 N–H and O–H groups in total. The van der Waals surface area contributed by atoms with E-state index >= 15 is 0 Å². The molecule has 190 valence electrons. The van der Waals surface area contributed by atoms with Gasteiger partial charge in [-0.05, 0) is 48.7 Å². The molecule has 0 bridgehead atoms. The topological polar surface area (TPSA) is 95.0 Å². The molecule has 1 aromatic carbocycles. The van der Waals surface area contributed by atoms with Crippen LogP contribution in [0.1, 0.15) is 28.7 Å². The summed E-state index contributed by atoms with van der Waals surface area (Å²) in [7, 11) is 1.93. The molecule has 5 heterocycles. The number of hydrogen-bond donors (Lipinski definition) is 2. The lowest BCUT2D eigenvalue weighted by Gasteiger charge is -2.40. The summed E-state index contributed by atoms with van der Waals surface area (Å²) in [6.07, 6.45) is 5.33. The highest BCUT2D eigenvalue weighted by atomic mass is 19.1. The molecule has 1 fully saturated rings. The van der Waals surface area contributed by atoms with Gasteiger partial charge < -0.3 is 19.7 Å². The van der Waals surface area contributed by atoms with Crippen LogP contribution in [-0.4, -0.2) is 61.3 Å². The molecular formula is C27H29FN8O. The monoisotopic (exact) mass is 500 g/mol. The second-order valence-corrected chi connectivity index (χ2v) is 9.81. The Labute approximate surface area is 214 Å². The van der Waals surface area contributed by atoms with E-state index in [0.717, 1.165) is 35.5 Å². The molecule has 9 nitrogen and oxygen atoms in total. The van der Waals surface area contributed by atoms with E-state index in [1.54, 1.807) is 24.2 Å². The number of rotatable bonds is 6. The van der Waals surface area contributed by atoms with E-state index in [1.165, 1.54) is 5.56 Å². The number of fused-ring (bicyclic) bond motifs is 1. The lowest BCUT2D eigenvalue weighted by molar-refractivity contribution is 0.0315. The minimum absolute atomic E-state index is 0.0263. The molecule has 0 spiro atoms. The van der Waals surface area contributed by atoms with Crippen molar-refractivity contribution in [2.45, 2.75) is 26.1 Å². The van der Waals surface area contributed by atoms with Crippen LogP contribution in [0.5, 0.6) is 0 Å². The number of hydrogen-bond acceptors (Lipinski definition) is 6. The van der Waals surface area contributed by atoms with Gasteiger partial charge in [-0.15, -0.1) is 0 Å². The summed E-state index contributed by atoms with van der Waals surface area (Å²) in [5, 5.41) is 10.2. The number of amides is 1. The third kappa shape index (κ3) is 4.43. The zero-order valence-corrected chi connectivity index (χ0v) is 20.9. The van der Waals surface area contributed by atoms with Gasteiger partial charge in [-0.1, -0.05) is 12.1 Å². The Balaban J connectivity index is 1.14. The highest BCUT2D eigenvalue weighted by Crippen LogP contribution is 2.29. The Kier molecular flexibility index (Phi) is 5.86. The smallest absolute Gasteiger partial charge is 0.270 e. The first-order chi connectivity index (χ1) is 18.0. The summed E-state index contributed by atoms with van der Waals surface area (Å²) in [5.74, 6) is 1.27. The predicted molar refractivity (Wildman–Crippen MR) is 139 cm³/mol. The number of likely N-dealkylation sites (tertiary alicyclic amines) is 1. The summed E-state index contributed by atoms with van der Waals surface area (Å²) in [4.78, 5) is 26.2. The third-order valence-corrected chi connectivity index (χ3v) is 7.42. The number of carbonyl (C=O) groups excluding carboxylic acids is 1. The summed E-state index contributed by atoms with van der Waals surface area (Å²) in [5.41, 5.74) is 5.96. The van der Waals surface area contributed by atoms with Gasteiger partial charge in [-0.3, -0.25) is 9.89 Å². The molecule has 0 aliphatic carbocycles. The number of aromatic nitrogens is 5. The summed E-state index contributed by atoms with van der Waals surface area (Å²) >= 11 is 0. The second-order valence-electron chi connectivity index (χ2n) is 9.81. The van der Waals surface area contributed by atoms with Gasteiger partial charge in [0.15, 0.2) is 0 Å². The highest BCUT2D eigenvalue weighted by Gasteiger charge is 2.36. The summed E-state index contributed by atoms with van der Waals surface area (Å²) in [6.45, 7) is 3.91. The van der Waals surface area contributed by atoms with Crippen LogP contribution in [0.2, 0.25) is 0 Å². The van der Waals surface area contributed by atoms with Crippen molar-refractivity contribution < 1.29 is 9.18 Å². The van der Waals surface area contributed by atoms with Crippen LogP contribution in [0.3, 0.4) is 0 Å². The maximum Gasteiger partial charge on any atom is 0.270 e. The Hall–Kier alpha value is -4.21. The predicted octanol–water partition coefficient (Wildman–Crippen LogP) is 3.94. The SMILES string of the molecule is CC(F)C1CN(C(=O)c2cc3c(n2C)CN(c2nccc(Nc4ccc(-c5cn[nH]c5)cc4)n2)CC3)C1. The molecule has 37 heavy (non-hydrogen) atoms. The van der Waals surface area contributed by atoms with E-state index < -0.39 is 6.17 Å². The van der Waals surface area contributed by atoms with Crippen LogP contribution in [-0.2, 0) is 20.0 Å². The van der Waals surface area contributed by atoms with E-state index in [9.17, 15) is 9.18 Å². The van der Waals surface area contributed by atoms with E-state index in [1.807, 2.05) is 54.2 Å². The standard InChI is InChI=1S/C27H29FN8O/c1-17(28)21-14-36(15-21)26(37)23-11-19-8-10-35(16-24(19)34(23)2)27-29-9-7-25(33-27)32-22-5-3-18(4-6-22)20-12-30-31-13-20/h3-7,9,11-13,17,21H,8,10,14-16H2,1-2H3,(H,30,31)(H,29,32,33). The number of nitrogens with zero attached hydrogens (tertiary/aromatic N) is 6. The zero-order chi connectivity index (χ0) is 25.5. The lowest BCUT2D eigenvalue weighted by atomic mass is 9.95.